The number of piperidine rings is 1. The van der Waals surface area contributed by atoms with Gasteiger partial charge in [0.15, 0.2) is 5.82 Å². The lowest BCUT2D eigenvalue weighted by atomic mass is 9.96. The lowest BCUT2D eigenvalue weighted by molar-refractivity contribution is 0.188. The molecule has 24 heavy (non-hydrogen) atoms. The van der Waals surface area contributed by atoms with Crippen molar-refractivity contribution in [2.24, 2.45) is 5.92 Å². The van der Waals surface area contributed by atoms with Gasteiger partial charge in [-0.15, -0.1) is 0 Å². The molecule has 1 saturated heterocycles. The van der Waals surface area contributed by atoms with Crippen molar-refractivity contribution < 1.29 is 9.26 Å². The molecule has 2 heterocycles. The molecule has 0 atom stereocenters. The molecule has 0 N–H and O–H groups in total. The van der Waals surface area contributed by atoms with Gasteiger partial charge in [0.1, 0.15) is 5.75 Å². The van der Waals surface area contributed by atoms with Crippen LogP contribution in [-0.4, -0.2) is 41.8 Å². The van der Waals surface area contributed by atoms with Crippen molar-refractivity contribution in [1.29, 1.82) is 0 Å². The zero-order chi connectivity index (χ0) is 16.4. The Morgan fingerprint density at radius 3 is 2.71 bits per heavy atom. The van der Waals surface area contributed by atoms with Crippen LogP contribution in [0.25, 0.3) is 0 Å². The monoisotopic (exact) mass is 327 g/mol. The van der Waals surface area contributed by atoms with Crippen molar-refractivity contribution in [2.45, 2.75) is 38.0 Å². The Bertz CT molecular complexity index is 673. The third-order valence-corrected chi connectivity index (χ3v) is 5.18. The maximum Gasteiger partial charge on any atom is 0.229 e. The van der Waals surface area contributed by atoms with E-state index in [1.807, 2.05) is 24.3 Å². The molecule has 0 amide bonds. The van der Waals surface area contributed by atoms with Gasteiger partial charge in [0.05, 0.1) is 7.11 Å². The van der Waals surface area contributed by atoms with Crippen LogP contribution in [0.1, 0.15) is 48.9 Å². The topological polar surface area (TPSA) is 51.4 Å². The molecule has 0 bridgehead atoms. The van der Waals surface area contributed by atoms with Crippen LogP contribution in [0.2, 0.25) is 0 Å². The van der Waals surface area contributed by atoms with E-state index in [4.69, 9.17) is 9.26 Å². The predicted octanol–water partition coefficient (Wildman–Crippen LogP) is 3.26. The number of hydrogen-bond acceptors (Lipinski definition) is 5. The summed E-state index contributed by atoms with van der Waals surface area (Å²) in [4.78, 5) is 7.25. The summed E-state index contributed by atoms with van der Waals surface area (Å²) in [5, 5.41) is 4.18. The van der Waals surface area contributed by atoms with Gasteiger partial charge in [-0.25, -0.2) is 0 Å². The van der Waals surface area contributed by atoms with Gasteiger partial charge in [0.2, 0.25) is 5.89 Å². The standard InChI is InChI=1S/C19H25N3O2/c1-23-17-5-3-2-4-16(17)12-18-20-19(24-21-18)15-8-10-22(11-9-15)13-14-6-7-14/h2-5,14-15H,6-13H2,1H3. The molecule has 0 spiro atoms. The van der Waals surface area contributed by atoms with Gasteiger partial charge < -0.3 is 14.2 Å². The van der Waals surface area contributed by atoms with Gasteiger partial charge in [-0.3, -0.25) is 0 Å². The van der Waals surface area contributed by atoms with Crippen molar-refractivity contribution in [3.8, 4) is 5.75 Å². The normalized spacial score (nSPS) is 19.5. The van der Waals surface area contributed by atoms with Crippen molar-refractivity contribution >= 4 is 0 Å². The number of rotatable bonds is 6. The molecule has 4 rings (SSSR count). The van der Waals surface area contributed by atoms with Crippen LogP contribution in [0.15, 0.2) is 28.8 Å². The minimum absolute atomic E-state index is 0.416. The minimum atomic E-state index is 0.416. The molecule has 5 nitrogen and oxygen atoms in total. The maximum absolute atomic E-state index is 5.56. The SMILES string of the molecule is COc1ccccc1Cc1noc(C2CCN(CC3CC3)CC2)n1. The van der Waals surface area contributed by atoms with E-state index in [-0.39, 0.29) is 0 Å². The predicted molar refractivity (Wildman–Crippen MR) is 91.2 cm³/mol. The minimum Gasteiger partial charge on any atom is -0.496 e. The summed E-state index contributed by atoms with van der Waals surface area (Å²) in [6.07, 6.45) is 5.76. The van der Waals surface area contributed by atoms with Crippen LogP contribution in [0.4, 0.5) is 0 Å². The van der Waals surface area contributed by atoms with E-state index in [0.29, 0.717) is 12.3 Å². The zero-order valence-corrected chi connectivity index (χ0v) is 14.3. The lowest BCUT2D eigenvalue weighted by Crippen LogP contribution is -2.34. The number of benzene rings is 1. The molecule has 1 aliphatic carbocycles. The summed E-state index contributed by atoms with van der Waals surface area (Å²) < 4.78 is 11.0. The largest absolute Gasteiger partial charge is 0.496 e. The molecule has 5 heteroatoms. The number of nitrogens with zero attached hydrogens (tertiary/aromatic N) is 3. The smallest absolute Gasteiger partial charge is 0.229 e. The molecular weight excluding hydrogens is 302 g/mol. The summed E-state index contributed by atoms with van der Waals surface area (Å²) in [5.74, 6) is 3.81. The van der Waals surface area contributed by atoms with Crippen molar-refractivity contribution in [3.05, 3.63) is 41.5 Å². The molecule has 1 aromatic carbocycles. The third-order valence-electron chi connectivity index (χ3n) is 5.18. The van der Waals surface area contributed by atoms with Crippen LogP contribution in [-0.2, 0) is 6.42 Å². The van der Waals surface area contributed by atoms with E-state index in [0.717, 1.165) is 54.9 Å². The van der Waals surface area contributed by atoms with Crippen LogP contribution >= 0.6 is 0 Å². The molecule has 1 aliphatic heterocycles. The first-order chi connectivity index (χ1) is 11.8. The Morgan fingerprint density at radius 2 is 1.96 bits per heavy atom. The summed E-state index contributed by atoms with van der Waals surface area (Å²) in [7, 11) is 1.69. The fourth-order valence-electron chi connectivity index (χ4n) is 3.55. The fraction of sp³-hybridized carbons (Fsp3) is 0.579. The second-order valence-corrected chi connectivity index (χ2v) is 7.06. The molecule has 2 aromatic rings. The summed E-state index contributed by atoms with van der Waals surface area (Å²) in [5.41, 5.74) is 1.09. The first-order valence-corrected chi connectivity index (χ1v) is 8.98. The van der Waals surface area contributed by atoms with Crippen molar-refractivity contribution in [2.75, 3.05) is 26.7 Å². The molecular formula is C19H25N3O2. The molecule has 2 fully saturated rings. The molecule has 128 valence electrons. The number of ether oxygens (including phenoxy) is 1. The Labute approximate surface area is 143 Å². The molecule has 1 saturated carbocycles. The van der Waals surface area contributed by atoms with Crippen LogP contribution in [0.5, 0.6) is 5.75 Å². The van der Waals surface area contributed by atoms with Crippen molar-refractivity contribution in [1.82, 2.24) is 15.0 Å². The number of para-hydroxylation sites is 1. The van der Waals surface area contributed by atoms with Crippen LogP contribution in [0, 0.1) is 5.92 Å². The average Bonchev–Trinajstić information content (AvgIpc) is 3.31. The highest BCUT2D eigenvalue weighted by atomic mass is 16.5. The Morgan fingerprint density at radius 1 is 1.17 bits per heavy atom. The number of methoxy groups -OCH3 is 1. The number of hydrogen-bond donors (Lipinski definition) is 0. The van der Waals surface area contributed by atoms with E-state index < -0.39 is 0 Å². The highest BCUT2D eigenvalue weighted by Crippen LogP contribution is 2.33. The second-order valence-electron chi connectivity index (χ2n) is 7.06. The quantitative estimate of drug-likeness (QED) is 0.815. The van der Waals surface area contributed by atoms with E-state index in [1.54, 1.807) is 7.11 Å². The number of aromatic nitrogens is 2. The van der Waals surface area contributed by atoms with Crippen LogP contribution in [0.3, 0.4) is 0 Å². The van der Waals surface area contributed by atoms with E-state index in [2.05, 4.69) is 15.0 Å². The highest BCUT2D eigenvalue weighted by molar-refractivity contribution is 5.35. The van der Waals surface area contributed by atoms with Gasteiger partial charge in [0.25, 0.3) is 0 Å². The van der Waals surface area contributed by atoms with E-state index in [1.165, 1.54) is 19.4 Å². The maximum atomic E-state index is 5.56. The fourth-order valence-corrected chi connectivity index (χ4v) is 3.55. The Kier molecular flexibility index (Phi) is 4.52. The second kappa shape index (κ2) is 6.93. The molecule has 0 unspecified atom stereocenters. The van der Waals surface area contributed by atoms with Crippen LogP contribution < -0.4 is 4.74 Å². The Balaban J connectivity index is 1.36. The Hall–Kier alpha value is -1.88. The lowest BCUT2D eigenvalue weighted by Gasteiger charge is -2.30. The molecule has 1 aromatic heterocycles. The summed E-state index contributed by atoms with van der Waals surface area (Å²) >= 11 is 0. The molecule has 0 radical (unpaired) electrons. The summed E-state index contributed by atoms with van der Waals surface area (Å²) in [6.45, 7) is 3.60. The first kappa shape index (κ1) is 15.6. The van der Waals surface area contributed by atoms with Gasteiger partial charge >= 0.3 is 0 Å². The average molecular weight is 327 g/mol. The summed E-state index contributed by atoms with van der Waals surface area (Å²) in [6, 6.07) is 7.99. The highest BCUT2D eigenvalue weighted by Gasteiger charge is 2.29. The third kappa shape index (κ3) is 3.61. The van der Waals surface area contributed by atoms with E-state index in [9.17, 15) is 0 Å². The van der Waals surface area contributed by atoms with Gasteiger partial charge in [-0.1, -0.05) is 23.4 Å². The van der Waals surface area contributed by atoms with Gasteiger partial charge in [0, 0.05) is 24.4 Å². The zero-order valence-electron chi connectivity index (χ0n) is 14.3. The van der Waals surface area contributed by atoms with E-state index >= 15 is 0 Å². The van der Waals surface area contributed by atoms with Gasteiger partial charge in [-0.2, -0.15) is 4.98 Å². The van der Waals surface area contributed by atoms with Gasteiger partial charge in [-0.05, 0) is 50.8 Å². The first-order valence-electron chi connectivity index (χ1n) is 8.98. The van der Waals surface area contributed by atoms with Crippen molar-refractivity contribution in [3.63, 3.8) is 0 Å². The molecule has 2 aliphatic rings. The number of likely N-dealkylation sites (tertiary alicyclic amines) is 1.